The van der Waals surface area contributed by atoms with Crippen LogP contribution in [-0.2, 0) is 4.74 Å². The lowest BCUT2D eigenvalue weighted by Gasteiger charge is -2.43. The number of carbonyl (C=O) groups is 1. The molecule has 1 aliphatic rings. The lowest BCUT2D eigenvalue weighted by atomic mass is 9.95. The van der Waals surface area contributed by atoms with Crippen molar-refractivity contribution in [3.8, 4) is 0 Å². The minimum absolute atomic E-state index is 0.0302. The number of hydrogen-bond donors (Lipinski definition) is 1. The molecular formula is C16H25N3O2. The van der Waals surface area contributed by atoms with Crippen LogP contribution >= 0.6 is 0 Å². The molecule has 1 saturated heterocycles. The number of nitrogens with one attached hydrogen (secondary N) is 1. The van der Waals surface area contributed by atoms with Gasteiger partial charge in [-0.05, 0) is 32.4 Å². The fourth-order valence-electron chi connectivity index (χ4n) is 2.54. The fraction of sp³-hybridized carbons (Fsp3) is 0.625. The summed E-state index contributed by atoms with van der Waals surface area (Å²) >= 11 is 0. The largest absolute Gasteiger partial charge is 0.379 e. The van der Waals surface area contributed by atoms with Crippen LogP contribution < -0.4 is 5.32 Å². The van der Waals surface area contributed by atoms with Gasteiger partial charge in [-0.25, -0.2) is 0 Å². The average Bonchev–Trinajstić information content (AvgIpc) is 2.54. The molecule has 1 atom stereocenters. The molecule has 1 amide bonds. The van der Waals surface area contributed by atoms with Gasteiger partial charge in [0, 0.05) is 37.1 Å². The van der Waals surface area contributed by atoms with Gasteiger partial charge < -0.3 is 10.1 Å². The Balaban J connectivity index is 1.95. The van der Waals surface area contributed by atoms with E-state index >= 15 is 0 Å². The molecule has 1 fully saturated rings. The molecule has 21 heavy (non-hydrogen) atoms. The topological polar surface area (TPSA) is 54.5 Å². The maximum atomic E-state index is 12.2. The van der Waals surface area contributed by atoms with Gasteiger partial charge in [0.15, 0.2) is 0 Å². The number of amides is 1. The van der Waals surface area contributed by atoms with Crippen LogP contribution in [0.15, 0.2) is 18.3 Å². The van der Waals surface area contributed by atoms with E-state index in [1.807, 2.05) is 19.1 Å². The molecule has 0 radical (unpaired) electrons. The van der Waals surface area contributed by atoms with Crippen molar-refractivity contribution in [2.45, 2.75) is 32.7 Å². The molecule has 1 unspecified atom stereocenters. The minimum Gasteiger partial charge on any atom is -0.379 e. The summed E-state index contributed by atoms with van der Waals surface area (Å²) in [5.74, 6) is -0.0598. The summed E-state index contributed by atoms with van der Waals surface area (Å²) < 4.78 is 5.41. The van der Waals surface area contributed by atoms with Crippen molar-refractivity contribution in [3.05, 3.63) is 29.6 Å². The van der Waals surface area contributed by atoms with Crippen LogP contribution in [0.3, 0.4) is 0 Å². The molecule has 116 valence electrons. The highest BCUT2D eigenvalue weighted by Crippen LogP contribution is 2.20. The lowest BCUT2D eigenvalue weighted by Crippen LogP contribution is -2.56. The van der Waals surface area contributed by atoms with Gasteiger partial charge in [-0.1, -0.05) is 6.92 Å². The molecule has 2 heterocycles. The van der Waals surface area contributed by atoms with Crippen molar-refractivity contribution in [3.63, 3.8) is 0 Å². The summed E-state index contributed by atoms with van der Waals surface area (Å²) in [6.07, 6.45) is 2.61. The molecule has 5 nitrogen and oxygen atoms in total. The van der Waals surface area contributed by atoms with Gasteiger partial charge in [0.25, 0.3) is 5.91 Å². The van der Waals surface area contributed by atoms with Crippen LogP contribution in [0.25, 0.3) is 0 Å². The number of aryl methyl sites for hydroxylation is 1. The smallest absolute Gasteiger partial charge is 0.252 e. The molecule has 1 N–H and O–H groups in total. The highest BCUT2D eigenvalue weighted by Gasteiger charge is 2.31. The summed E-state index contributed by atoms with van der Waals surface area (Å²) in [5, 5.41) is 3.05. The van der Waals surface area contributed by atoms with Gasteiger partial charge in [-0.2, -0.15) is 0 Å². The summed E-state index contributed by atoms with van der Waals surface area (Å²) in [6, 6.07) is 3.67. The van der Waals surface area contributed by atoms with Crippen LogP contribution in [-0.4, -0.2) is 54.2 Å². The van der Waals surface area contributed by atoms with Crippen molar-refractivity contribution in [2.24, 2.45) is 0 Å². The molecule has 0 aromatic carbocycles. The highest BCUT2D eigenvalue weighted by molar-refractivity contribution is 5.93. The third-order valence-electron chi connectivity index (χ3n) is 4.34. The number of morpholine rings is 1. The van der Waals surface area contributed by atoms with E-state index in [0.717, 1.165) is 38.4 Å². The second-order valence-corrected chi connectivity index (χ2v) is 5.82. The van der Waals surface area contributed by atoms with Crippen molar-refractivity contribution in [2.75, 3.05) is 32.8 Å². The Bertz CT molecular complexity index is 469. The number of rotatable bonds is 5. The zero-order chi connectivity index (χ0) is 15.3. The van der Waals surface area contributed by atoms with E-state index < -0.39 is 0 Å². The van der Waals surface area contributed by atoms with Gasteiger partial charge in [-0.3, -0.25) is 14.7 Å². The van der Waals surface area contributed by atoms with Crippen LogP contribution in [0.4, 0.5) is 0 Å². The van der Waals surface area contributed by atoms with Crippen molar-refractivity contribution in [1.82, 2.24) is 15.2 Å². The summed E-state index contributed by atoms with van der Waals surface area (Å²) in [7, 11) is 0. The fourth-order valence-corrected chi connectivity index (χ4v) is 2.54. The maximum absolute atomic E-state index is 12.2. The number of nitrogens with zero attached hydrogens (tertiary/aromatic N) is 2. The molecule has 0 bridgehead atoms. The quantitative estimate of drug-likeness (QED) is 0.895. The first-order valence-electron chi connectivity index (χ1n) is 7.59. The number of pyridine rings is 1. The average molecular weight is 291 g/mol. The molecule has 1 aliphatic heterocycles. The first-order valence-corrected chi connectivity index (χ1v) is 7.59. The number of hydrogen-bond acceptors (Lipinski definition) is 4. The summed E-state index contributed by atoms with van der Waals surface area (Å²) in [5.41, 5.74) is 1.50. The summed E-state index contributed by atoms with van der Waals surface area (Å²) in [6.45, 7) is 10.3. The predicted octanol–water partition coefficient (Wildman–Crippen LogP) is 1.62. The van der Waals surface area contributed by atoms with E-state index in [4.69, 9.17) is 4.74 Å². The Kier molecular flexibility index (Phi) is 5.31. The minimum atomic E-state index is -0.0598. The first-order chi connectivity index (χ1) is 10.0. The van der Waals surface area contributed by atoms with Crippen molar-refractivity contribution < 1.29 is 9.53 Å². The van der Waals surface area contributed by atoms with Gasteiger partial charge >= 0.3 is 0 Å². The Hall–Kier alpha value is -1.46. The van der Waals surface area contributed by atoms with Crippen LogP contribution in [0.2, 0.25) is 0 Å². The Morgan fingerprint density at radius 2 is 2.14 bits per heavy atom. The van der Waals surface area contributed by atoms with E-state index in [1.54, 1.807) is 6.20 Å². The second kappa shape index (κ2) is 7.00. The maximum Gasteiger partial charge on any atom is 0.252 e. The number of ether oxygens (including phenoxy) is 1. The van der Waals surface area contributed by atoms with E-state index in [2.05, 4.69) is 29.0 Å². The van der Waals surface area contributed by atoms with Crippen molar-refractivity contribution >= 4 is 5.91 Å². The molecule has 0 saturated carbocycles. The SMILES string of the molecule is CCC(C)(CNC(=O)c1ccc(C)nc1)N1CCOCC1. The standard InChI is InChI=1S/C16H25N3O2/c1-4-16(3,19-7-9-21-10-8-19)12-18-15(20)14-6-5-13(2)17-11-14/h5-6,11H,4,7-10,12H2,1-3H3,(H,18,20). The Labute approximate surface area is 126 Å². The molecule has 2 rings (SSSR count). The van der Waals surface area contributed by atoms with Crippen LogP contribution in [0.1, 0.15) is 36.3 Å². The molecule has 0 spiro atoms. The Morgan fingerprint density at radius 1 is 1.43 bits per heavy atom. The first kappa shape index (κ1) is 15.9. The van der Waals surface area contributed by atoms with Gasteiger partial charge in [0.2, 0.25) is 0 Å². The van der Waals surface area contributed by atoms with E-state index in [-0.39, 0.29) is 11.4 Å². The van der Waals surface area contributed by atoms with E-state index in [0.29, 0.717) is 12.1 Å². The zero-order valence-electron chi connectivity index (χ0n) is 13.2. The molecule has 5 heteroatoms. The highest BCUT2D eigenvalue weighted by atomic mass is 16.5. The molecule has 1 aromatic heterocycles. The van der Waals surface area contributed by atoms with Crippen LogP contribution in [0, 0.1) is 6.92 Å². The third-order valence-corrected chi connectivity index (χ3v) is 4.34. The van der Waals surface area contributed by atoms with Gasteiger partial charge in [-0.15, -0.1) is 0 Å². The summed E-state index contributed by atoms with van der Waals surface area (Å²) in [4.78, 5) is 18.8. The third kappa shape index (κ3) is 4.02. The monoisotopic (exact) mass is 291 g/mol. The normalized spacial score (nSPS) is 19.0. The van der Waals surface area contributed by atoms with Crippen molar-refractivity contribution in [1.29, 1.82) is 0 Å². The van der Waals surface area contributed by atoms with Gasteiger partial charge in [0.1, 0.15) is 0 Å². The zero-order valence-corrected chi connectivity index (χ0v) is 13.2. The van der Waals surface area contributed by atoms with E-state index in [1.165, 1.54) is 0 Å². The predicted molar refractivity (Wildman–Crippen MR) is 82.4 cm³/mol. The number of aromatic nitrogens is 1. The lowest BCUT2D eigenvalue weighted by molar-refractivity contribution is -0.0169. The van der Waals surface area contributed by atoms with E-state index in [9.17, 15) is 4.79 Å². The second-order valence-electron chi connectivity index (χ2n) is 5.82. The Morgan fingerprint density at radius 3 is 2.71 bits per heavy atom. The van der Waals surface area contributed by atoms with Crippen LogP contribution in [0.5, 0.6) is 0 Å². The molecular weight excluding hydrogens is 266 g/mol. The molecule has 1 aromatic rings. The van der Waals surface area contributed by atoms with Gasteiger partial charge in [0.05, 0.1) is 18.8 Å². The number of carbonyl (C=O) groups excluding carboxylic acids is 1. The molecule has 0 aliphatic carbocycles.